The molecule has 2 aromatic carbocycles. The number of benzene rings is 2. The van der Waals surface area contributed by atoms with Crippen LogP contribution in [0.25, 0.3) is 6.08 Å². The molecule has 21 heavy (non-hydrogen) atoms. The predicted molar refractivity (Wildman–Crippen MR) is 85.3 cm³/mol. The van der Waals surface area contributed by atoms with Gasteiger partial charge in [0.2, 0.25) is 0 Å². The minimum Gasteiger partial charge on any atom is -0.305 e. The molecule has 2 aromatic rings. The number of amides is 1. The molecule has 0 fully saturated rings. The van der Waals surface area contributed by atoms with Crippen LogP contribution in [-0.4, -0.2) is 11.7 Å². The monoisotopic (exact) mass is 296 g/mol. The number of hydrogen-bond donors (Lipinski definition) is 1. The number of carbonyl (C=O) groups is 1. The lowest BCUT2D eigenvalue weighted by molar-refractivity contribution is -0.115. The fourth-order valence-corrected chi connectivity index (χ4v) is 2.36. The number of hydrogen-bond acceptors (Lipinski definition) is 2. The summed E-state index contributed by atoms with van der Waals surface area (Å²) >= 11 is 6.10. The molecule has 1 aliphatic rings. The zero-order chi connectivity index (χ0) is 14.8. The number of aliphatic imine (C=N–C) groups is 1. The van der Waals surface area contributed by atoms with Gasteiger partial charge in [-0.05, 0) is 30.2 Å². The van der Waals surface area contributed by atoms with Crippen molar-refractivity contribution in [3.63, 3.8) is 0 Å². The van der Waals surface area contributed by atoms with Crippen molar-refractivity contribution in [1.82, 2.24) is 5.32 Å². The van der Waals surface area contributed by atoms with Crippen LogP contribution in [0, 0.1) is 6.92 Å². The molecule has 0 atom stereocenters. The normalized spacial score (nSPS) is 16.0. The Labute approximate surface area is 128 Å². The number of aryl methyl sites for hydroxylation is 1. The summed E-state index contributed by atoms with van der Waals surface area (Å²) in [6, 6.07) is 15.2. The molecule has 1 aliphatic heterocycles. The van der Waals surface area contributed by atoms with Crippen molar-refractivity contribution in [2.45, 2.75) is 6.92 Å². The molecule has 104 valence electrons. The van der Waals surface area contributed by atoms with Gasteiger partial charge in [-0.3, -0.25) is 4.79 Å². The Morgan fingerprint density at radius 3 is 2.57 bits per heavy atom. The maximum Gasteiger partial charge on any atom is 0.275 e. The summed E-state index contributed by atoms with van der Waals surface area (Å²) in [5, 5.41) is 3.40. The quantitative estimate of drug-likeness (QED) is 0.846. The molecule has 0 unspecified atom stereocenters. The molecule has 4 heteroatoms. The van der Waals surface area contributed by atoms with Gasteiger partial charge in [-0.2, -0.15) is 0 Å². The number of carbonyl (C=O) groups excluding carboxylic acids is 1. The summed E-state index contributed by atoms with van der Waals surface area (Å²) < 4.78 is 0. The van der Waals surface area contributed by atoms with Crippen LogP contribution >= 0.6 is 11.6 Å². The molecular weight excluding hydrogens is 284 g/mol. The third-order valence-electron chi connectivity index (χ3n) is 3.29. The van der Waals surface area contributed by atoms with Crippen LogP contribution in [0.4, 0.5) is 0 Å². The summed E-state index contributed by atoms with van der Waals surface area (Å²) in [6.45, 7) is 1.99. The van der Waals surface area contributed by atoms with Crippen molar-refractivity contribution in [2.24, 2.45) is 4.99 Å². The lowest BCUT2D eigenvalue weighted by atomic mass is 10.1. The van der Waals surface area contributed by atoms with Crippen LogP contribution in [0.5, 0.6) is 0 Å². The average molecular weight is 297 g/mol. The highest BCUT2D eigenvalue weighted by Crippen LogP contribution is 2.21. The van der Waals surface area contributed by atoms with Crippen LogP contribution < -0.4 is 5.32 Å². The van der Waals surface area contributed by atoms with Gasteiger partial charge in [0, 0.05) is 10.6 Å². The molecule has 0 aliphatic carbocycles. The lowest BCUT2D eigenvalue weighted by Gasteiger charge is -2.03. The molecule has 0 saturated carbocycles. The first-order valence-corrected chi connectivity index (χ1v) is 6.95. The zero-order valence-electron chi connectivity index (χ0n) is 11.4. The highest BCUT2D eigenvalue weighted by atomic mass is 35.5. The number of amidine groups is 1. The zero-order valence-corrected chi connectivity index (χ0v) is 12.2. The van der Waals surface area contributed by atoms with Gasteiger partial charge in [0.25, 0.3) is 5.91 Å². The molecule has 0 saturated heterocycles. The van der Waals surface area contributed by atoms with Crippen molar-refractivity contribution in [3.05, 3.63) is 75.9 Å². The number of nitrogens with one attached hydrogen (secondary N) is 1. The summed E-state index contributed by atoms with van der Waals surface area (Å²) in [6.07, 6.45) is 1.70. The average Bonchev–Trinajstić information content (AvgIpc) is 2.83. The smallest absolute Gasteiger partial charge is 0.275 e. The van der Waals surface area contributed by atoms with E-state index in [-0.39, 0.29) is 5.91 Å². The minimum absolute atomic E-state index is 0.215. The summed E-state index contributed by atoms with van der Waals surface area (Å²) in [5.41, 5.74) is 3.13. The fourth-order valence-electron chi connectivity index (χ4n) is 2.17. The van der Waals surface area contributed by atoms with Crippen LogP contribution in [0.15, 0.2) is 59.2 Å². The van der Waals surface area contributed by atoms with E-state index in [1.54, 1.807) is 12.1 Å². The molecule has 0 bridgehead atoms. The van der Waals surface area contributed by atoms with E-state index in [1.165, 1.54) is 0 Å². The van der Waals surface area contributed by atoms with Crippen LogP contribution in [-0.2, 0) is 4.79 Å². The molecule has 1 amide bonds. The third-order valence-corrected chi connectivity index (χ3v) is 3.64. The summed E-state index contributed by atoms with van der Waals surface area (Å²) in [7, 11) is 0. The van der Waals surface area contributed by atoms with Gasteiger partial charge in [0.15, 0.2) is 0 Å². The van der Waals surface area contributed by atoms with Gasteiger partial charge < -0.3 is 5.32 Å². The fraction of sp³-hybridized carbons (Fsp3) is 0.0588. The summed E-state index contributed by atoms with van der Waals surface area (Å²) in [4.78, 5) is 16.4. The minimum atomic E-state index is -0.215. The highest BCUT2D eigenvalue weighted by Gasteiger charge is 2.22. The second kappa shape index (κ2) is 5.54. The topological polar surface area (TPSA) is 41.5 Å². The molecule has 3 nitrogen and oxygen atoms in total. The Morgan fingerprint density at radius 2 is 1.81 bits per heavy atom. The van der Waals surface area contributed by atoms with Gasteiger partial charge in [-0.25, -0.2) is 4.99 Å². The Bertz CT molecular complexity index is 778. The lowest BCUT2D eigenvalue weighted by Crippen LogP contribution is -2.25. The molecule has 3 rings (SSSR count). The van der Waals surface area contributed by atoms with Gasteiger partial charge in [0.05, 0.1) is 0 Å². The van der Waals surface area contributed by atoms with Crippen LogP contribution in [0.1, 0.15) is 16.7 Å². The standard InChI is InChI=1S/C17H13ClN2O/c1-11-6-2-4-8-13(11)16-19-15(17(21)20-16)10-12-7-3-5-9-14(12)18/h2-10H,1H3,(H,19,20,21)/b15-10-. The predicted octanol–water partition coefficient (Wildman–Crippen LogP) is 3.57. The SMILES string of the molecule is Cc1ccccc1C1=N/C(=C\c2ccccc2Cl)C(=O)N1. The van der Waals surface area contributed by atoms with E-state index in [2.05, 4.69) is 10.3 Å². The van der Waals surface area contributed by atoms with E-state index < -0.39 is 0 Å². The van der Waals surface area contributed by atoms with Crippen molar-refractivity contribution in [1.29, 1.82) is 0 Å². The van der Waals surface area contributed by atoms with Crippen molar-refractivity contribution in [3.8, 4) is 0 Å². The first-order chi connectivity index (χ1) is 10.1. The Hall–Kier alpha value is -2.39. The Kier molecular flexibility index (Phi) is 3.59. The molecule has 0 spiro atoms. The Morgan fingerprint density at radius 1 is 1.10 bits per heavy atom. The van der Waals surface area contributed by atoms with E-state index >= 15 is 0 Å². The second-order valence-corrected chi connectivity index (χ2v) is 5.19. The van der Waals surface area contributed by atoms with Crippen molar-refractivity contribution < 1.29 is 4.79 Å². The summed E-state index contributed by atoms with van der Waals surface area (Å²) in [5.74, 6) is 0.365. The molecule has 0 aromatic heterocycles. The van der Waals surface area contributed by atoms with Gasteiger partial charge in [0.1, 0.15) is 11.5 Å². The molecule has 0 radical (unpaired) electrons. The first kappa shape index (κ1) is 13.6. The maximum absolute atomic E-state index is 12.0. The molecule has 1 heterocycles. The van der Waals surface area contributed by atoms with Crippen LogP contribution in [0.3, 0.4) is 0 Å². The van der Waals surface area contributed by atoms with Gasteiger partial charge in [-0.1, -0.05) is 54.1 Å². The van der Waals surface area contributed by atoms with Gasteiger partial charge in [-0.15, -0.1) is 0 Å². The molecular formula is C17H13ClN2O. The first-order valence-electron chi connectivity index (χ1n) is 6.57. The van der Waals surface area contributed by atoms with E-state index in [0.29, 0.717) is 16.6 Å². The van der Waals surface area contributed by atoms with Crippen molar-refractivity contribution >= 4 is 29.4 Å². The van der Waals surface area contributed by atoms with Crippen LogP contribution in [0.2, 0.25) is 5.02 Å². The molecule has 1 N–H and O–H groups in total. The van der Waals surface area contributed by atoms with Gasteiger partial charge >= 0.3 is 0 Å². The second-order valence-electron chi connectivity index (χ2n) is 4.78. The number of rotatable bonds is 2. The highest BCUT2D eigenvalue weighted by molar-refractivity contribution is 6.32. The largest absolute Gasteiger partial charge is 0.305 e. The van der Waals surface area contributed by atoms with E-state index in [4.69, 9.17) is 11.6 Å². The number of nitrogens with zero attached hydrogens (tertiary/aromatic N) is 1. The number of halogens is 1. The van der Waals surface area contributed by atoms with E-state index in [1.807, 2.05) is 49.4 Å². The van der Waals surface area contributed by atoms with E-state index in [0.717, 1.165) is 16.7 Å². The maximum atomic E-state index is 12.0. The van der Waals surface area contributed by atoms with E-state index in [9.17, 15) is 4.79 Å². The third kappa shape index (κ3) is 2.73. The Balaban J connectivity index is 2.00. The van der Waals surface area contributed by atoms with Crippen molar-refractivity contribution in [2.75, 3.05) is 0 Å².